The van der Waals surface area contributed by atoms with Crippen molar-refractivity contribution in [1.82, 2.24) is 38.3 Å². The Bertz CT molecular complexity index is 3450. The normalized spacial score (nSPS) is 11.4. The van der Waals surface area contributed by atoms with Crippen molar-refractivity contribution in [2.24, 2.45) is 0 Å². The maximum atomic E-state index is 13.5. The van der Waals surface area contributed by atoms with Crippen molar-refractivity contribution in [3.05, 3.63) is 221 Å². The minimum absolute atomic E-state index is 0.278. The molecule has 0 saturated carbocycles. The molecule has 0 aliphatic carbocycles. The van der Waals surface area contributed by atoms with E-state index in [2.05, 4.69) is 32.3 Å². The number of fused-ring (bicyclic) bond motifs is 6. The number of aryl methyl sites for hydroxylation is 2. The molecule has 13 heteroatoms. The standard InChI is InChI=1S/C23H17FN4O2.C23H18N4O2/c1-14-5-8-18(9-6-14)28-23(30)27-21(26-28)19-13-16(7-10-20(19)25-22(27)29)11-15-3-2-4-17(24)12-15;1-15-7-10-18(11-8-15)27-23(29)26-21(25-27)19-14-17(9-12-20(19)24-22(26)28)13-16-5-3-2-4-6-16/h2-10,12-13H,11H2,1H3,(H,25,29);2-12,14H,13H2,1H3,(H,24,28). The van der Waals surface area contributed by atoms with Crippen LogP contribution in [0.4, 0.5) is 4.39 Å². The second kappa shape index (κ2) is 14.9. The molecular weight excluding hydrogens is 748 g/mol. The van der Waals surface area contributed by atoms with Gasteiger partial charge in [-0.2, -0.15) is 18.2 Å². The lowest BCUT2D eigenvalue weighted by Crippen LogP contribution is -2.29. The summed E-state index contributed by atoms with van der Waals surface area (Å²) in [7, 11) is 0. The van der Waals surface area contributed by atoms with E-state index >= 15 is 0 Å². The van der Waals surface area contributed by atoms with E-state index in [0.717, 1.165) is 48.4 Å². The van der Waals surface area contributed by atoms with Crippen LogP contribution in [0.2, 0.25) is 0 Å². The molecule has 12 nitrogen and oxygen atoms in total. The van der Waals surface area contributed by atoms with Crippen molar-refractivity contribution in [1.29, 1.82) is 0 Å². The Morgan fingerprint density at radius 3 is 1.41 bits per heavy atom. The van der Waals surface area contributed by atoms with Gasteiger partial charge in [0.1, 0.15) is 5.82 Å². The average molecular weight is 783 g/mol. The number of nitrogens with one attached hydrogen (secondary N) is 2. The molecule has 0 aliphatic heterocycles. The van der Waals surface area contributed by atoms with Crippen LogP contribution in [0.15, 0.2) is 159 Å². The van der Waals surface area contributed by atoms with E-state index in [-0.39, 0.29) is 11.5 Å². The molecule has 0 radical (unpaired) electrons. The number of hydrogen-bond acceptors (Lipinski definition) is 6. The third kappa shape index (κ3) is 7.05. The van der Waals surface area contributed by atoms with Gasteiger partial charge in [-0.25, -0.2) is 23.6 Å². The van der Waals surface area contributed by atoms with Gasteiger partial charge >= 0.3 is 22.8 Å². The van der Waals surface area contributed by atoms with E-state index in [9.17, 15) is 23.6 Å². The quantitative estimate of drug-likeness (QED) is 0.195. The van der Waals surface area contributed by atoms with Gasteiger partial charge in [0, 0.05) is 10.8 Å². The van der Waals surface area contributed by atoms with Gasteiger partial charge in [-0.05, 0) is 110 Å². The summed E-state index contributed by atoms with van der Waals surface area (Å²) in [6.45, 7) is 3.93. The summed E-state index contributed by atoms with van der Waals surface area (Å²) in [4.78, 5) is 56.4. The summed E-state index contributed by atoms with van der Waals surface area (Å²) in [6, 6.07) is 42.7. The Morgan fingerprint density at radius 1 is 0.492 bits per heavy atom. The smallest absolute Gasteiger partial charge is 0.306 e. The van der Waals surface area contributed by atoms with Crippen LogP contribution in [-0.2, 0) is 12.8 Å². The van der Waals surface area contributed by atoms with Crippen molar-refractivity contribution in [2.75, 3.05) is 0 Å². The summed E-state index contributed by atoms with van der Waals surface area (Å²) in [5.74, 6) is -0.289. The maximum Gasteiger partial charge on any atom is 0.359 e. The highest BCUT2D eigenvalue weighted by Gasteiger charge is 2.17. The van der Waals surface area contributed by atoms with Crippen LogP contribution in [-0.4, -0.2) is 38.3 Å². The molecule has 10 rings (SSSR count). The van der Waals surface area contributed by atoms with E-state index in [1.807, 2.05) is 105 Å². The molecule has 4 aromatic heterocycles. The average Bonchev–Trinajstić information content (AvgIpc) is 3.77. The third-order valence-electron chi connectivity index (χ3n) is 10.2. The highest BCUT2D eigenvalue weighted by Crippen LogP contribution is 2.21. The molecule has 0 bridgehead atoms. The number of halogens is 1. The lowest BCUT2D eigenvalue weighted by molar-refractivity contribution is 0.626. The van der Waals surface area contributed by atoms with Crippen LogP contribution in [0.5, 0.6) is 0 Å². The molecular formula is C46H35FN8O4. The van der Waals surface area contributed by atoms with Gasteiger partial charge in [0.15, 0.2) is 11.3 Å². The van der Waals surface area contributed by atoms with Crippen LogP contribution >= 0.6 is 0 Å². The van der Waals surface area contributed by atoms with Gasteiger partial charge in [0.05, 0.1) is 22.4 Å². The molecule has 0 spiro atoms. The van der Waals surface area contributed by atoms with E-state index in [4.69, 9.17) is 0 Å². The Kier molecular flexibility index (Phi) is 9.24. The zero-order valence-corrected chi connectivity index (χ0v) is 31.9. The van der Waals surface area contributed by atoms with Crippen LogP contribution in [0.25, 0.3) is 44.5 Å². The van der Waals surface area contributed by atoms with Gasteiger partial charge in [0.2, 0.25) is 0 Å². The highest BCUT2D eigenvalue weighted by molar-refractivity contribution is 5.92. The van der Waals surface area contributed by atoms with Crippen molar-refractivity contribution in [2.45, 2.75) is 26.7 Å². The van der Waals surface area contributed by atoms with Gasteiger partial charge in [-0.15, -0.1) is 10.2 Å². The predicted molar refractivity (Wildman–Crippen MR) is 226 cm³/mol. The molecule has 10 aromatic rings. The number of benzene rings is 6. The van der Waals surface area contributed by atoms with Gasteiger partial charge in [0.25, 0.3) is 0 Å². The molecule has 290 valence electrons. The second-order valence-electron chi connectivity index (χ2n) is 14.5. The fraction of sp³-hybridized carbons (Fsp3) is 0.0870. The first kappa shape index (κ1) is 36.7. The first-order valence-electron chi connectivity index (χ1n) is 18.9. The molecule has 0 aliphatic rings. The van der Waals surface area contributed by atoms with E-state index < -0.39 is 22.8 Å². The van der Waals surface area contributed by atoms with Crippen molar-refractivity contribution < 1.29 is 4.39 Å². The van der Waals surface area contributed by atoms with Crippen LogP contribution in [0, 0.1) is 19.7 Å². The summed E-state index contributed by atoms with van der Waals surface area (Å²) in [5, 5.41) is 10.3. The number of H-pyrrole nitrogens is 2. The topological polar surface area (TPSA) is 144 Å². The molecule has 0 fully saturated rings. The first-order valence-corrected chi connectivity index (χ1v) is 18.9. The van der Waals surface area contributed by atoms with Crippen molar-refractivity contribution >= 4 is 33.1 Å². The Morgan fingerprint density at radius 2 is 0.932 bits per heavy atom. The van der Waals surface area contributed by atoms with E-state index in [1.54, 1.807) is 24.3 Å². The van der Waals surface area contributed by atoms with Crippen molar-refractivity contribution in [3.63, 3.8) is 0 Å². The number of aromatic nitrogens is 8. The summed E-state index contributed by atoms with van der Waals surface area (Å²) in [6.07, 6.45) is 1.27. The Hall–Kier alpha value is -7.93. The molecule has 59 heavy (non-hydrogen) atoms. The van der Waals surface area contributed by atoms with E-state index in [0.29, 0.717) is 39.9 Å². The molecule has 0 amide bonds. The molecule has 4 heterocycles. The monoisotopic (exact) mass is 782 g/mol. The largest absolute Gasteiger partial charge is 0.359 e. The first-order chi connectivity index (χ1) is 28.6. The van der Waals surface area contributed by atoms with E-state index in [1.165, 1.54) is 27.1 Å². The predicted octanol–water partition coefficient (Wildman–Crippen LogP) is 6.59. The minimum Gasteiger partial charge on any atom is -0.306 e. The number of aromatic amines is 2. The fourth-order valence-electron chi connectivity index (χ4n) is 7.21. The zero-order valence-electron chi connectivity index (χ0n) is 31.9. The molecule has 6 aromatic carbocycles. The second-order valence-corrected chi connectivity index (χ2v) is 14.5. The number of hydrogen-bond donors (Lipinski definition) is 2. The summed E-state index contributed by atoms with van der Waals surface area (Å²) >= 11 is 0. The minimum atomic E-state index is -0.543. The zero-order chi connectivity index (χ0) is 40.8. The number of rotatable bonds is 6. The number of nitrogens with zero attached hydrogens (tertiary/aromatic N) is 6. The lowest BCUT2D eigenvalue weighted by Gasteiger charge is -2.05. The summed E-state index contributed by atoms with van der Waals surface area (Å²) < 4.78 is 18.1. The molecule has 0 atom stereocenters. The van der Waals surface area contributed by atoms with Crippen LogP contribution < -0.4 is 22.8 Å². The Labute approximate surface area is 333 Å². The van der Waals surface area contributed by atoms with Crippen LogP contribution in [0.1, 0.15) is 33.4 Å². The highest BCUT2D eigenvalue weighted by atomic mass is 19.1. The SMILES string of the molecule is Cc1ccc(-n2nc3c4cc(Cc5cccc(F)c5)ccc4[nH]c(=O)n3c2=O)cc1.Cc1ccc(-n2nc3c4cc(Cc5ccccc5)ccc4[nH]c(=O)n3c2=O)cc1. The third-order valence-corrected chi connectivity index (χ3v) is 10.2. The Balaban J connectivity index is 0.000000152. The molecule has 0 unspecified atom stereocenters. The molecule has 0 saturated heterocycles. The van der Waals surface area contributed by atoms with Gasteiger partial charge in [-0.3, -0.25) is 0 Å². The summed E-state index contributed by atoms with van der Waals surface area (Å²) in [5.41, 5.74) is 7.16. The van der Waals surface area contributed by atoms with Gasteiger partial charge in [-0.1, -0.05) is 90.0 Å². The van der Waals surface area contributed by atoms with Gasteiger partial charge < -0.3 is 9.97 Å². The lowest BCUT2D eigenvalue weighted by atomic mass is 10.0. The van der Waals surface area contributed by atoms with Crippen molar-refractivity contribution in [3.8, 4) is 11.4 Å². The van der Waals surface area contributed by atoms with Crippen LogP contribution in [0.3, 0.4) is 0 Å². The fourth-order valence-corrected chi connectivity index (χ4v) is 7.21. The molecule has 2 N–H and O–H groups in total. The maximum absolute atomic E-state index is 13.5.